The third-order valence-electron chi connectivity index (χ3n) is 14.4. The molecule has 0 saturated carbocycles. The Labute approximate surface area is 472 Å². The predicted molar refractivity (Wildman–Crippen MR) is 330 cm³/mol. The lowest BCUT2D eigenvalue weighted by Gasteiger charge is -2.18. The normalized spacial score (nSPS) is 12.5. The molecule has 0 aromatic carbocycles. The maximum atomic E-state index is 12.8. The first-order chi connectivity index (χ1) is 37.5. The Balaban J connectivity index is 4.03. The van der Waals surface area contributed by atoms with Crippen LogP contribution in [0.5, 0.6) is 0 Å². The van der Waals surface area contributed by atoms with Crippen LogP contribution in [0, 0.1) is 0 Å². The molecule has 0 rings (SSSR count). The molecule has 0 aromatic rings. The fraction of sp³-hybridized carbons (Fsp3) is 0.786. The first-order valence-corrected chi connectivity index (χ1v) is 32.9. The summed E-state index contributed by atoms with van der Waals surface area (Å²) in [5, 5.41) is 0. The van der Waals surface area contributed by atoms with Gasteiger partial charge in [0.05, 0.1) is 0 Å². The van der Waals surface area contributed by atoms with E-state index < -0.39 is 6.10 Å². The van der Waals surface area contributed by atoms with E-state index in [9.17, 15) is 14.4 Å². The van der Waals surface area contributed by atoms with Crippen molar-refractivity contribution in [3.8, 4) is 0 Å². The van der Waals surface area contributed by atoms with Crippen molar-refractivity contribution in [3.05, 3.63) is 72.9 Å². The molecule has 0 spiro atoms. The highest BCUT2D eigenvalue weighted by Gasteiger charge is 2.19. The summed E-state index contributed by atoms with van der Waals surface area (Å²) < 4.78 is 16.9. The van der Waals surface area contributed by atoms with Gasteiger partial charge < -0.3 is 14.2 Å². The molecule has 0 bridgehead atoms. The molecule has 0 radical (unpaired) electrons. The van der Waals surface area contributed by atoms with E-state index in [4.69, 9.17) is 14.2 Å². The highest BCUT2D eigenvalue weighted by atomic mass is 16.6. The minimum atomic E-state index is -0.774. The van der Waals surface area contributed by atoms with Crippen molar-refractivity contribution >= 4 is 17.9 Å². The molecular weight excluding hydrogens is 937 g/mol. The van der Waals surface area contributed by atoms with Gasteiger partial charge in [0.1, 0.15) is 13.2 Å². The van der Waals surface area contributed by atoms with Gasteiger partial charge in [-0.3, -0.25) is 14.4 Å². The van der Waals surface area contributed by atoms with Crippen LogP contribution in [-0.4, -0.2) is 37.2 Å². The average molecular weight is 1060 g/mol. The molecule has 6 nitrogen and oxygen atoms in total. The van der Waals surface area contributed by atoms with Crippen LogP contribution in [0.3, 0.4) is 0 Å². The fourth-order valence-corrected chi connectivity index (χ4v) is 9.53. The number of unbranched alkanes of at least 4 members (excludes halogenated alkanes) is 37. The van der Waals surface area contributed by atoms with Gasteiger partial charge in [0.2, 0.25) is 0 Å². The molecule has 0 heterocycles. The molecule has 1 atom stereocenters. The molecule has 0 fully saturated rings. The zero-order chi connectivity index (χ0) is 55.0. The smallest absolute Gasteiger partial charge is 0.306 e. The van der Waals surface area contributed by atoms with Gasteiger partial charge in [-0.1, -0.05) is 299 Å². The van der Waals surface area contributed by atoms with Crippen molar-refractivity contribution in [2.75, 3.05) is 13.2 Å². The number of esters is 3. The SMILES string of the molecule is CC/C=C\C/C=C\C/C=C\C/C=C\CCCCCCCCCCCCCCCCCCCCCCC(=O)OCC(COC(=O)CCCCCCCCCC)OC(=O)CCCCCCCCC/C=C\C/C=C\CCCCC. The maximum absolute atomic E-state index is 12.8. The van der Waals surface area contributed by atoms with Crippen LogP contribution < -0.4 is 0 Å². The maximum Gasteiger partial charge on any atom is 0.306 e. The standard InChI is InChI=1S/C70H124O6/c1-4-7-10-13-16-19-21-23-25-27-28-29-30-31-32-33-34-35-36-37-38-39-40-41-42-44-45-47-49-51-54-57-60-63-69(72)75-66-67(65-74-68(71)62-59-56-53-18-15-12-9-6-3)76-70(73)64-61-58-55-52-50-48-46-43-26-24-22-20-17-14-11-8-5-2/h7,10,16-17,19-20,23-26,28-29,67H,4-6,8-9,11-15,18,21-22,27,30-66H2,1-3H3/b10-7-,19-16-,20-17-,25-23-,26-24-,29-28-. The first-order valence-electron chi connectivity index (χ1n) is 32.9. The molecule has 0 aliphatic carbocycles. The lowest BCUT2D eigenvalue weighted by Crippen LogP contribution is -2.30. The van der Waals surface area contributed by atoms with E-state index in [2.05, 4.69) is 93.7 Å². The van der Waals surface area contributed by atoms with Crippen LogP contribution in [0.1, 0.15) is 335 Å². The third kappa shape index (κ3) is 61.7. The number of hydrogen-bond acceptors (Lipinski definition) is 6. The predicted octanol–water partition coefficient (Wildman–Crippen LogP) is 22.5. The zero-order valence-corrected chi connectivity index (χ0v) is 50.5. The Bertz CT molecular complexity index is 1400. The summed E-state index contributed by atoms with van der Waals surface area (Å²) in [6, 6.07) is 0. The molecule has 440 valence electrons. The van der Waals surface area contributed by atoms with Gasteiger partial charge >= 0.3 is 17.9 Å². The van der Waals surface area contributed by atoms with Crippen LogP contribution in [0.25, 0.3) is 0 Å². The molecule has 6 heteroatoms. The number of carbonyl (C=O) groups excluding carboxylic acids is 3. The minimum Gasteiger partial charge on any atom is -0.462 e. The second kappa shape index (κ2) is 64.4. The van der Waals surface area contributed by atoms with Gasteiger partial charge in [-0.25, -0.2) is 0 Å². The highest BCUT2D eigenvalue weighted by molar-refractivity contribution is 5.71. The van der Waals surface area contributed by atoms with E-state index in [1.807, 2.05) is 0 Å². The van der Waals surface area contributed by atoms with Gasteiger partial charge in [-0.2, -0.15) is 0 Å². The molecule has 0 amide bonds. The summed E-state index contributed by atoms with van der Waals surface area (Å²) in [6.07, 6.45) is 83.7. The molecule has 1 unspecified atom stereocenters. The monoisotopic (exact) mass is 1060 g/mol. The largest absolute Gasteiger partial charge is 0.462 e. The lowest BCUT2D eigenvalue weighted by molar-refractivity contribution is -0.167. The first kappa shape index (κ1) is 72.8. The molecule has 0 aromatic heterocycles. The average Bonchev–Trinajstić information content (AvgIpc) is 3.42. The second-order valence-electron chi connectivity index (χ2n) is 22.0. The van der Waals surface area contributed by atoms with Crippen molar-refractivity contribution in [1.82, 2.24) is 0 Å². The van der Waals surface area contributed by atoms with Crippen LogP contribution in [0.4, 0.5) is 0 Å². The molecular formula is C70H124O6. The van der Waals surface area contributed by atoms with E-state index >= 15 is 0 Å². The number of hydrogen-bond donors (Lipinski definition) is 0. The van der Waals surface area contributed by atoms with Gasteiger partial charge in [-0.15, -0.1) is 0 Å². The molecule has 0 aliphatic rings. The molecule has 0 N–H and O–H groups in total. The Hall–Kier alpha value is -3.15. The van der Waals surface area contributed by atoms with Crippen LogP contribution in [0.2, 0.25) is 0 Å². The topological polar surface area (TPSA) is 78.9 Å². The molecule has 0 aliphatic heterocycles. The van der Waals surface area contributed by atoms with Gasteiger partial charge in [0, 0.05) is 19.3 Å². The summed E-state index contributed by atoms with van der Waals surface area (Å²) in [4.78, 5) is 38.1. The Morgan fingerprint density at radius 3 is 0.829 bits per heavy atom. The molecule has 0 saturated heterocycles. The summed E-state index contributed by atoms with van der Waals surface area (Å²) in [5.41, 5.74) is 0. The Morgan fingerprint density at radius 1 is 0.276 bits per heavy atom. The van der Waals surface area contributed by atoms with Crippen molar-refractivity contribution < 1.29 is 28.6 Å². The van der Waals surface area contributed by atoms with Gasteiger partial charge in [0.15, 0.2) is 6.10 Å². The summed E-state index contributed by atoms with van der Waals surface area (Å²) in [7, 11) is 0. The summed E-state index contributed by atoms with van der Waals surface area (Å²) in [6.45, 7) is 6.50. The van der Waals surface area contributed by atoms with E-state index in [0.717, 1.165) is 96.3 Å². The number of ether oxygens (including phenoxy) is 3. The quantitative estimate of drug-likeness (QED) is 0.0261. The van der Waals surface area contributed by atoms with Crippen molar-refractivity contribution in [2.24, 2.45) is 0 Å². The Morgan fingerprint density at radius 2 is 0.513 bits per heavy atom. The lowest BCUT2D eigenvalue weighted by atomic mass is 10.0. The second-order valence-corrected chi connectivity index (χ2v) is 22.0. The van der Waals surface area contributed by atoms with Crippen molar-refractivity contribution in [1.29, 1.82) is 0 Å². The van der Waals surface area contributed by atoms with E-state index in [1.165, 1.54) is 199 Å². The zero-order valence-electron chi connectivity index (χ0n) is 50.5. The fourth-order valence-electron chi connectivity index (χ4n) is 9.53. The van der Waals surface area contributed by atoms with E-state index in [1.54, 1.807) is 0 Å². The number of allylic oxidation sites excluding steroid dienone is 12. The van der Waals surface area contributed by atoms with Crippen LogP contribution in [0.15, 0.2) is 72.9 Å². The van der Waals surface area contributed by atoms with Crippen LogP contribution >= 0.6 is 0 Å². The van der Waals surface area contributed by atoms with Crippen molar-refractivity contribution in [3.63, 3.8) is 0 Å². The van der Waals surface area contributed by atoms with Gasteiger partial charge in [-0.05, 0) is 89.9 Å². The summed E-state index contributed by atoms with van der Waals surface area (Å²) in [5.74, 6) is -0.869. The number of rotatable bonds is 60. The van der Waals surface area contributed by atoms with Gasteiger partial charge in [0.25, 0.3) is 0 Å². The van der Waals surface area contributed by atoms with Crippen LogP contribution in [-0.2, 0) is 28.6 Å². The Kier molecular flexibility index (Phi) is 61.7. The highest BCUT2D eigenvalue weighted by Crippen LogP contribution is 2.17. The summed E-state index contributed by atoms with van der Waals surface area (Å²) >= 11 is 0. The van der Waals surface area contributed by atoms with Crippen molar-refractivity contribution in [2.45, 2.75) is 341 Å². The minimum absolute atomic E-state index is 0.0736. The number of carbonyl (C=O) groups is 3. The van der Waals surface area contributed by atoms with E-state index in [-0.39, 0.29) is 31.1 Å². The molecule has 76 heavy (non-hydrogen) atoms. The third-order valence-corrected chi connectivity index (χ3v) is 14.4. The van der Waals surface area contributed by atoms with E-state index in [0.29, 0.717) is 19.3 Å².